The van der Waals surface area contributed by atoms with Crippen molar-refractivity contribution in [1.82, 2.24) is 4.90 Å². The Labute approximate surface area is 120 Å². The van der Waals surface area contributed by atoms with Gasteiger partial charge in [0, 0.05) is 25.2 Å². The lowest BCUT2D eigenvalue weighted by Gasteiger charge is -2.14. The molecule has 0 aliphatic rings. The van der Waals surface area contributed by atoms with Crippen molar-refractivity contribution in [3.8, 4) is 5.75 Å². The van der Waals surface area contributed by atoms with Crippen LogP contribution in [-0.4, -0.2) is 32.0 Å². The van der Waals surface area contributed by atoms with Gasteiger partial charge in [-0.3, -0.25) is 4.79 Å². The zero-order chi connectivity index (χ0) is 16.5. The second-order valence-electron chi connectivity index (χ2n) is 3.58. The van der Waals surface area contributed by atoms with Crippen LogP contribution in [0.5, 0.6) is 5.75 Å². The maximum Gasteiger partial charge on any atom is 0.253 e. The molecule has 0 atom stereocenters. The summed E-state index contributed by atoms with van der Waals surface area (Å²) >= 11 is 0. The lowest BCUT2D eigenvalue weighted by molar-refractivity contribution is 0.0825. The van der Waals surface area contributed by atoms with Gasteiger partial charge in [0.15, 0.2) is 11.6 Å². The summed E-state index contributed by atoms with van der Waals surface area (Å²) in [6.07, 6.45) is 0. The minimum Gasteiger partial charge on any atom is -0.494 e. The van der Waals surface area contributed by atoms with Gasteiger partial charge in [0.25, 0.3) is 5.91 Å². The van der Waals surface area contributed by atoms with Crippen molar-refractivity contribution in [3.63, 3.8) is 0 Å². The van der Waals surface area contributed by atoms with Crippen LogP contribution in [0.1, 0.15) is 43.6 Å². The maximum absolute atomic E-state index is 13.4. The summed E-state index contributed by atoms with van der Waals surface area (Å²) in [4.78, 5) is 13.0. The molecule has 5 heteroatoms. The van der Waals surface area contributed by atoms with Crippen molar-refractivity contribution in [3.05, 3.63) is 28.8 Å². The zero-order valence-corrected chi connectivity index (χ0v) is 13.6. The molecule has 0 saturated carbocycles. The first-order chi connectivity index (χ1) is 9.40. The Bertz CT molecular complexity index is 432. The number of methoxy groups -OCH3 is 1. The third-order valence-electron chi connectivity index (χ3n) is 2.27. The second-order valence-corrected chi connectivity index (χ2v) is 3.58. The van der Waals surface area contributed by atoms with Gasteiger partial charge in [0.1, 0.15) is 0 Å². The van der Waals surface area contributed by atoms with Gasteiger partial charge >= 0.3 is 0 Å². The smallest absolute Gasteiger partial charge is 0.253 e. The standard InChI is InChI=1S/C11H13F2NO2.2C2H6/c1-6-7(11(15)14(2)3)5-8(16-4)10(13)9(6)12;2*1-2/h5H,1-4H3;2*1-2H3. The van der Waals surface area contributed by atoms with Crippen LogP contribution in [0.25, 0.3) is 0 Å². The predicted octanol–water partition coefficient (Wildman–Crippen LogP) is 4.04. The number of rotatable bonds is 2. The van der Waals surface area contributed by atoms with Crippen LogP contribution in [0.4, 0.5) is 8.78 Å². The number of halogens is 2. The summed E-state index contributed by atoms with van der Waals surface area (Å²) in [5, 5.41) is 0. The van der Waals surface area contributed by atoms with Crippen LogP contribution in [0, 0.1) is 18.6 Å². The van der Waals surface area contributed by atoms with E-state index in [9.17, 15) is 13.6 Å². The van der Waals surface area contributed by atoms with Crippen molar-refractivity contribution in [2.24, 2.45) is 0 Å². The molecule has 0 aliphatic heterocycles. The lowest BCUT2D eigenvalue weighted by atomic mass is 10.1. The van der Waals surface area contributed by atoms with E-state index in [4.69, 9.17) is 0 Å². The molecule has 1 aromatic carbocycles. The largest absolute Gasteiger partial charge is 0.494 e. The predicted molar refractivity (Wildman–Crippen MR) is 78.4 cm³/mol. The first kappa shape index (κ1) is 20.7. The molecule has 116 valence electrons. The minimum absolute atomic E-state index is 0.0167. The average molecular weight is 289 g/mol. The molecule has 0 N–H and O–H groups in total. The lowest BCUT2D eigenvalue weighted by Crippen LogP contribution is -2.23. The van der Waals surface area contributed by atoms with Crippen LogP contribution >= 0.6 is 0 Å². The highest BCUT2D eigenvalue weighted by atomic mass is 19.2. The Morgan fingerprint density at radius 2 is 1.55 bits per heavy atom. The second kappa shape index (κ2) is 10.2. The summed E-state index contributed by atoms with van der Waals surface area (Å²) < 4.78 is 31.4. The summed E-state index contributed by atoms with van der Waals surface area (Å²) in [7, 11) is 4.29. The molecule has 20 heavy (non-hydrogen) atoms. The molecule has 0 heterocycles. The highest BCUT2D eigenvalue weighted by molar-refractivity contribution is 5.95. The van der Waals surface area contributed by atoms with Gasteiger partial charge in [-0.05, 0) is 13.0 Å². The first-order valence-electron chi connectivity index (χ1n) is 6.64. The van der Waals surface area contributed by atoms with Gasteiger partial charge < -0.3 is 9.64 Å². The molecule has 0 radical (unpaired) electrons. The van der Waals surface area contributed by atoms with Crippen LogP contribution in [0.2, 0.25) is 0 Å². The Kier molecular flexibility index (Phi) is 10.5. The maximum atomic E-state index is 13.4. The summed E-state index contributed by atoms with van der Waals surface area (Å²) in [6.45, 7) is 9.36. The summed E-state index contributed by atoms with van der Waals surface area (Å²) in [5.74, 6) is -2.79. The topological polar surface area (TPSA) is 29.5 Å². The van der Waals surface area contributed by atoms with E-state index in [-0.39, 0.29) is 16.9 Å². The Morgan fingerprint density at radius 1 is 1.10 bits per heavy atom. The fourth-order valence-electron chi connectivity index (χ4n) is 1.31. The third kappa shape index (κ3) is 4.79. The van der Waals surface area contributed by atoms with E-state index >= 15 is 0 Å². The molecule has 0 saturated heterocycles. The summed E-state index contributed by atoms with van der Waals surface area (Å²) in [5.41, 5.74) is 0.0813. The van der Waals surface area contributed by atoms with Gasteiger partial charge in [-0.15, -0.1) is 0 Å². The van der Waals surface area contributed by atoms with Gasteiger partial charge in [0.05, 0.1) is 7.11 Å². The number of hydrogen-bond donors (Lipinski definition) is 0. The average Bonchev–Trinajstić information content (AvgIpc) is 2.48. The molecule has 1 amide bonds. The number of benzene rings is 1. The Balaban J connectivity index is 0. The highest BCUT2D eigenvalue weighted by Gasteiger charge is 2.21. The van der Waals surface area contributed by atoms with Crippen molar-refractivity contribution in [2.45, 2.75) is 34.6 Å². The molecule has 0 aliphatic carbocycles. The first-order valence-corrected chi connectivity index (χ1v) is 6.64. The summed E-state index contributed by atoms with van der Waals surface area (Å²) in [6, 6.07) is 1.20. The van der Waals surface area contributed by atoms with E-state index in [1.165, 1.54) is 39.1 Å². The Morgan fingerprint density at radius 3 is 1.90 bits per heavy atom. The number of ether oxygens (including phenoxy) is 1. The van der Waals surface area contributed by atoms with Gasteiger partial charge in [-0.25, -0.2) is 4.39 Å². The van der Waals surface area contributed by atoms with E-state index in [1.807, 2.05) is 27.7 Å². The quantitative estimate of drug-likeness (QED) is 0.822. The van der Waals surface area contributed by atoms with Crippen molar-refractivity contribution in [2.75, 3.05) is 21.2 Å². The van der Waals surface area contributed by atoms with Crippen molar-refractivity contribution < 1.29 is 18.3 Å². The molecule has 0 fully saturated rings. The van der Waals surface area contributed by atoms with E-state index < -0.39 is 17.5 Å². The van der Waals surface area contributed by atoms with Crippen LogP contribution < -0.4 is 4.74 Å². The van der Waals surface area contributed by atoms with Crippen molar-refractivity contribution >= 4 is 5.91 Å². The van der Waals surface area contributed by atoms with Crippen molar-refractivity contribution in [1.29, 1.82) is 0 Å². The number of amides is 1. The molecule has 0 aromatic heterocycles. The normalized spacial score (nSPS) is 8.70. The molecule has 3 nitrogen and oxygen atoms in total. The van der Waals surface area contributed by atoms with Crippen LogP contribution in [0.3, 0.4) is 0 Å². The molecular weight excluding hydrogens is 264 g/mol. The molecule has 1 aromatic rings. The van der Waals surface area contributed by atoms with E-state index in [0.717, 1.165) is 0 Å². The number of carbonyl (C=O) groups is 1. The number of hydrogen-bond acceptors (Lipinski definition) is 2. The molecule has 0 unspecified atom stereocenters. The van der Waals surface area contributed by atoms with E-state index in [0.29, 0.717) is 0 Å². The van der Waals surface area contributed by atoms with E-state index in [2.05, 4.69) is 4.74 Å². The molecule has 0 spiro atoms. The molecule has 1 rings (SSSR count). The van der Waals surface area contributed by atoms with E-state index in [1.54, 1.807) is 0 Å². The molecule has 0 bridgehead atoms. The SMILES string of the molecule is CC.CC.COc1cc(C(=O)N(C)C)c(C)c(F)c1F. The fraction of sp³-hybridized carbons (Fsp3) is 0.533. The Hall–Kier alpha value is -1.65. The molecular formula is C15H25F2NO2. The number of nitrogens with zero attached hydrogens (tertiary/aromatic N) is 1. The van der Waals surface area contributed by atoms with Gasteiger partial charge in [0.2, 0.25) is 5.82 Å². The van der Waals surface area contributed by atoms with Gasteiger partial charge in [-0.1, -0.05) is 27.7 Å². The highest BCUT2D eigenvalue weighted by Crippen LogP contribution is 2.26. The zero-order valence-electron chi connectivity index (χ0n) is 13.6. The minimum atomic E-state index is -1.07. The van der Waals surface area contributed by atoms with Gasteiger partial charge in [-0.2, -0.15) is 4.39 Å². The fourth-order valence-corrected chi connectivity index (χ4v) is 1.31. The number of carbonyl (C=O) groups excluding carboxylic acids is 1. The van der Waals surface area contributed by atoms with Crippen LogP contribution in [-0.2, 0) is 0 Å². The third-order valence-corrected chi connectivity index (χ3v) is 2.27. The monoisotopic (exact) mass is 289 g/mol. The van der Waals surface area contributed by atoms with Crippen LogP contribution in [0.15, 0.2) is 6.07 Å².